The molecular formula is C25H20N2O5S2. The van der Waals surface area contributed by atoms with Gasteiger partial charge in [0.25, 0.3) is 0 Å². The van der Waals surface area contributed by atoms with E-state index in [2.05, 4.69) is 4.98 Å². The maximum Gasteiger partial charge on any atom is 0.339 e. The number of rotatable bonds is 8. The molecule has 7 nitrogen and oxygen atoms in total. The van der Waals surface area contributed by atoms with Crippen LogP contribution in [0.3, 0.4) is 0 Å². The molecule has 0 saturated heterocycles. The van der Waals surface area contributed by atoms with E-state index in [1.807, 2.05) is 11.4 Å². The highest BCUT2D eigenvalue weighted by molar-refractivity contribution is 7.14. The van der Waals surface area contributed by atoms with E-state index in [4.69, 9.17) is 9.47 Å². The van der Waals surface area contributed by atoms with Gasteiger partial charge >= 0.3 is 5.97 Å². The number of thiazole rings is 1. The van der Waals surface area contributed by atoms with Gasteiger partial charge in [0.2, 0.25) is 11.7 Å². The number of nitrogens with zero attached hydrogens (tertiary/aromatic N) is 2. The summed E-state index contributed by atoms with van der Waals surface area (Å²) in [5.41, 5.74) is 1.52. The number of methoxy groups -OCH3 is 1. The standard InChI is InChI=1S/C25H20N2O5S2/c1-16(28)27(20-10-5-6-11-21(20)31-2)25-26-17(15-34-25)14-32-24(30)19-9-4-3-8-18(19)23(29)22-12-7-13-33-22/h3-13,15H,14H2,1-2H3. The number of anilines is 2. The van der Waals surface area contributed by atoms with E-state index in [9.17, 15) is 14.4 Å². The van der Waals surface area contributed by atoms with Crippen LogP contribution in [-0.2, 0) is 16.1 Å². The summed E-state index contributed by atoms with van der Waals surface area (Å²) in [5, 5.41) is 3.95. The first-order valence-corrected chi connectivity index (χ1v) is 12.0. The number of thiophene rings is 1. The highest BCUT2D eigenvalue weighted by Gasteiger charge is 2.23. The van der Waals surface area contributed by atoms with Gasteiger partial charge in [-0.1, -0.05) is 36.4 Å². The van der Waals surface area contributed by atoms with E-state index >= 15 is 0 Å². The highest BCUT2D eigenvalue weighted by atomic mass is 32.1. The number of ether oxygens (including phenoxy) is 2. The van der Waals surface area contributed by atoms with Crippen LogP contribution < -0.4 is 9.64 Å². The van der Waals surface area contributed by atoms with E-state index in [1.54, 1.807) is 60.0 Å². The fraction of sp³-hybridized carbons (Fsp3) is 0.120. The fourth-order valence-electron chi connectivity index (χ4n) is 3.30. The van der Waals surface area contributed by atoms with Crippen LogP contribution in [0.15, 0.2) is 71.4 Å². The zero-order valence-corrected chi connectivity index (χ0v) is 20.0. The largest absolute Gasteiger partial charge is 0.495 e. The SMILES string of the molecule is COc1ccccc1N(C(C)=O)c1nc(COC(=O)c2ccccc2C(=O)c2cccs2)cs1. The summed E-state index contributed by atoms with van der Waals surface area (Å²) in [6, 6.07) is 17.2. The molecule has 2 heterocycles. The van der Waals surface area contributed by atoms with Crippen molar-refractivity contribution in [3.63, 3.8) is 0 Å². The molecule has 0 spiro atoms. The lowest BCUT2D eigenvalue weighted by Crippen LogP contribution is -2.23. The van der Waals surface area contributed by atoms with Gasteiger partial charge in [-0.15, -0.1) is 22.7 Å². The van der Waals surface area contributed by atoms with Crippen LogP contribution in [0.5, 0.6) is 5.75 Å². The molecule has 172 valence electrons. The Morgan fingerprint density at radius 3 is 2.38 bits per heavy atom. The van der Waals surface area contributed by atoms with Crippen molar-refractivity contribution < 1.29 is 23.9 Å². The minimum absolute atomic E-state index is 0.103. The molecular weight excluding hydrogens is 472 g/mol. The van der Waals surface area contributed by atoms with Crippen LogP contribution in [0.4, 0.5) is 10.8 Å². The maximum atomic E-state index is 12.8. The zero-order valence-electron chi connectivity index (χ0n) is 18.4. The van der Waals surface area contributed by atoms with Gasteiger partial charge < -0.3 is 9.47 Å². The number of carbonyl (C=O) groups is 3. The topological polar surface area (TPSA) is 85.8 Å². The van der Waals surface area contributed by atoms with Gasteiger partial charge in [0.05, 0.1) is 28.9 Å². The monoisotopic (exact) mass is 492 g/mol. The molecule has 2 aromatic carbocycles. The van der Waals surface area contributed by atoms with E-state index in [0.29, 0.717) is 27.1 Å². The number of amides is 1. The molecule has 0 aliphatic heterocycles. The quantitative estimate of drug-likeness (QED) is 0.239. The first-order chi connectivity index (χ1) is 16.5. The van der Waals surface area contributed by atoms with Crippen LogP contribution in [0, 0.1) is 0 Å². The first-order valence-electron chi connectivity index (χ1n) is 10.2. The molecule has 0 radical (unpaired) electrons. The Labute approximate surface area is 204 Å². The minimum atomic E-state index is -0.622. The molecule has 4 aromatic rings. The first kappa shape index (κ1) is 23.3. The highest BCUT2D eigenvalue weighted by Crippen LogP contribution is 2.35. The lowest BCUT2D eigenvalue weighted by atomic mass is 10.0. The Hall–Kier alpha value is -3.82. The van der Waals surface area contributed by atoms with Crippen LogP contribution in [0.25, 0.3) is 0 Å². The maximum absolute atomic E-state index is 12.8. The second-order valence-electron chi connectivity index (χ2n) is 7.08. The third-order valence-corrected chi connectivity index (χ3v) is 6.60. The summed E-state index contributed by atoms with van der Waals surface area (Å²) in [6.07, 6.45) is 0. The van der Waals surface area contributed by atoms with Gasteiger partial charge in [0.15, 0.2) is 5.13 Å². The number of esters is 1. The molecule has 0 N–H and O–H groups in total. The Kier molecular flexibility index (Phi) is 7.15. The minimum Gasteiger partial charge on any atom is -0.495 e. The Morgan fingerprint density at radius 1 is 0.941 bits per heavy atom. The smallest absolute Gasteiger partial charge is 0.339 e. The molecule has 4 rings (SSSR count). The number of aromatic nitrogens is 1. The molecule has 9 heteroatoms. The van der Waals surface area contributed by atoms with E-state index < -0.39 is 5.97 Å². The third kappa shape index (κ3) is 4.90. The van der Waals surface area contributed by atoms with Gasteiger partial charge in [-0.3, -0.25) is 14.5 Å². The number of para-hydroxylation sites is 2. The molecule has 34 heavy (non-hydrogen) atoms. The second kappa shape index (κ2) is 10.4. The van der Waals surface area contributed by atoms with Gasteiger partial charge in [-0.2, -0.15) is 0 Å². The van der Waals surface area contributed by atoms with Crippen molar-refractivity contribution in [1.29, 1.82) is 0 Å². The predicted octanol–water partition coefficient (Wildman–Crippen LogP) is 5.49. The zero-order chi connectivity index (χ0) is 24.1. The molecule has 0 saturated carbocycles. The lowest BCUT2D eigenvalue weighted by molar-refractivity contribution is -0.115. The average molecular weight is 493 g/mol. The number of carbonyl (C=O) groups excluding carboxylic acids is 3. The number of hydrogen-bond acceptors (Lipinski definition) is 8. The van der Waals surface area contributed by atoms with Crippen molar-refractivity contribution in [2.45, 2.75) is 13.5 Å². The third-order valence-electron chi connectivity index (χ3n) is 4.86. The van der Waals surface area contributed by atoms with Crippen molar-refractivity contribution in [1.82, 2.24) is 4.98 Å². The van der Waals surface area contributed by atoms with E-state index in [0.717, 1.165) is 0 Å². The molecule has 2 aromatic heterocycles. The van der Waals surface area contributed by atoms with Crippen molar-refractivity contribution in [2.75, 3.05) is 12.0 Å². The molecule has 1 amide bonds. The van der Waals surface area contributed by atoms with Gasteiger partial charge in [0, 0.05) is 17.9 Å². The number of ketones is 1. The molecule has 0 atom stereocenters. The summed E-state index contributed by atoms with van der Waals surface area (Å²) < 4.78 is 10.8. The summed E-state index contributed by atoms with van der Waals surface area (Å²) in [4.78, 5) is 44.4. The Morgan fingerprint density at radius 2 is 1.68 bits per heavy atom. The van der Waals surface area contributed by atoms with Gasteiger partial charge in [-0.05, 0) is 29.6 Å². The van der Waals surface area contributed by atoms with Crippen LogP contribution in [0.2, 0.25) is 0 Å². The molecule has 0 bridgehead atoms. The molecule has 0 unspecified atom stereocenters. The van der Waals surface area contributed by atoms with Crippen molar-refractivity contribution in [2.24, 2.45) is 0 Å². The van der Waals surface area contributed by atoms with Crippen molar-refractivity contribution in [3.8, 4) is 5.75 Å². The summed E-state index contributed by atoms with van der Waals surface area (Å²) in [5.74, 6) is -0.549. The fourth-order valence-corrected chi connectivity index (χ4v) is 4.85. The average Bonchev–Trinajstić information content (AvgIpc) is 3.55. The normalized spacial score (nSPS) is 10.5. The van der Waals surface area contributed by atoms with Gasteiger partial charge in [0.1, 0.15) is 12.4 Å². The van der Waals surface area contributed by atoms with E-state index in [-0.39, 0.29) is 29.4 Å². The Bertz CT molecular complexity index is 1330. The van der Waals surface area contributed by atoms with Crippen LogP contribution in [-0.4, -0.2) is 29.8 Å². The Balaban J connectivity index is 1.51. The summed E-state index contributed by atoms with van der Waals surface area (Å²) in [6.45, 7) is 1.34. The summed E-state index contributed by atoms with van der Waals surface area (Å²) in [7, 11) is 1.53. The molecule has 0 fully saturated rings. The predicted molar refractivity (Wildman–Crippen MR) is 131 cm³/mol. The molecule has 0 aliphatic rings. The van der Waals surface area contributed by atoms with Crippen LogP contribution >= 0.6 is 22.7 Å². The van der Waals surface area contributed by atoms with Crippen molar-refractivity contribution in [3.05, 3.63) is 93.1 Å². The van der Waals surface area contributed by atoms with Crippen molar-refractivity contribution >= 4 is 51.2 Å². The van der Waals surface area contributed by atoms with Crippen LogP contribution in [0.1, 0.15) is 38.2 Å². The molecule has 0 aliphatic carbocycles. The lowest BCUT2D eigenvalue weighted by Gasteiger charge is -2.20. The number of benzene rings is 2. The number of hydrogen-bond donors (Lipinski definition) is 0. The van der Waals surface area contributed by atoms with Gasteiger partial charge in [-0.25, -0.2) is 9.78 Å². The van der Waals surface area contributed by atoms with E-state index in [1.165, 1.54) is 41.6 Å². The summed E-state index contributed by atoms with van der Waals surface area (Å²) >= 11 is 2.56. The second-order valence-corrected chi connectivity index (χ2v) is 8.86.